The molecule has 0 aliphatic rings. The standard InChI is InChI=1S/C16H13N3O3S/c1-19-13-12(14(20)18-16(19)23)10(15(21)22-2)8-11(17-13)9-6-4-3-5-7-9/h3-8H,1-2H3,(H,18,20,23). The highest BCUT2D eigenvalue weighted by molar-refractivity contribution is 7.71. The van der Waals surface area contributed by atoms with E-state index in [9.17, 15) is 9.59 Å². The highest BCUT2D eigenvalue weighted by atomic mass is 32.1. The molecule has 1 N–H and O–H groups in total. The number of nitrogens with zero attached hydrogens (tertiary/aromatic N) is 2. The molecule has 7 heteroatoms. The number of pyridine rings is 1. The summed E-state index contributed by atoms with van der Waals surface area (Å²) in [4.78, 5) is 31.4. The molecule has 0 radical (unpaired) electrons. The van der Waals surface area contributed by atoms with Crippen LogP contribution < -0.4 is 5.56 Å². The Bertz CT molecular complexity index is 1020. The molecule has 3 rings (SSSR count). The lowest BCUT2D eigenvalue weighted by Crippen LogP contribution is -2.18. The van der Waals surface area contributed by atoms with Gasteiger partial charge in [0.1, 0.15) is 5.65 Å². The minimum atomic E-state index is -0.600. The number of fused-ring (bicyclic) bond motifs is 1. The van der Waals surface area contributed by atoms with E-state index in [1.807, 2.05) is 30.3 Å². The fraction of sp³-hybridized carbons (Fsp3) is 0.125. The molecule has 23 heavy (non-hydrogen) atoms. The summed E-state index contributed by atoms with van der Waals surface area (Å²) in [6.07, 6.45) is 0. The van der Waals surface area contributed by atoms with Gasteiger partial charge in [-0.25, -0.2) is 9.78 Å². The van der Waals surface area contributed by atoms with Crippen molar-refractivity contribution in [2.24, 2.45) is 7.05 Å². The summed E-state index contributed by atoms with van der Waals surface area (Å²) in [6, 6.07) is 10.9. The van der Waals surface area contributed by atoms with Crippen LogP contribution in [0.3, 0.4) is 0 Å². The average molecular weight is 327 g/mol. The summed E-state index contributed by atoms with van der Waals surface area (Å²) in [7, 11) is 2.95. The molecule has 0 spiro atoms. The number of methoxy groups -OCH3 is 1. The second kappa shape index (κ2) is 5.77. The van der Waals surface area contributed by atoms with Gasteiger partial charge in [0, 0.05) is 12.6 Å². The highest BCUT2D eigenvalue weighted by Gasteiger charge is 2.18. The number of aromatic amines is 1. The van der Waals surface area contributed by atoms with Crippen molar-refractivity contribution >= 4 is 29.2 Å². The number of hydrogen-bond donors (Lipinski definition) is 1. The maximum absolute atomic E-state index is 12.3. The maximum Gasteiger partial charge on any atom is 0.338 e. The quantitative estimate of drug-likeness (QED) is 0.578. The van der Waals surface area contributed by atoms with Crippen LogP contribution in [0.1, 0.15) is 10.4 Å². The fourth-order valence-electron chi connectivity index (χ4n) is 2.37. The number of esters is 1. The van der Waals surface area contributed by atoms with Gasteiger partial charge >= 0.3 is 5.97 Å². The number of H-pyrrole nitrogens is 1. The molecule has 2 heterocycles. The van der Waals surface area contributed by atoms with E-state index in [4.69, 9.17) is 17.0 Å². The molecule has 116 valence electrons. The zero-order valence-electron chi connectivity index (χ0n) is 12.5. The third kappa shape index (κ3) is 2.55. The maximum atomic E-state index is 12.3. The molecular weight excluding hydrogens is 314 g/mol. The second-order valence-corrected chi connectivity index (χ2v) is 5.32. The van der Waals surface area contributed by atoms with Crippen LogP contribution in [0.25, 0.3) is 22.3 Å². The molecule has 0 amide bonds. The van der Waals surface area contributed by atoms with Crippen molar-refractivity contribution in [1.82, 2.24) is 14.5 Å². The topological polar surface area (TPSA) is 77.0 Å². The number of aromatic nitrogens is 3. The zero-order valence-corrected chi connectivity index (χ0v) is 13.3. The van der Waals surface area contributed by atoms with Crippen molar-refractivity contribution < 1.29 is 9.53 Å². The lowest BCUT2D eigenvalue weighted by Gasteiger charge is -2.10. The Labute approximate surface area is 136 Å². The predicted molar refractivity (Wildman–Crippen MR) is 88.9 cm³/mol. The van der Waals surface area contributed by atoms with Crippen LogP contribution in [0, 0.1) is 4.77 Å². The number of ether oxygens (including phenoxy) is 1. The molecular formula is C16H13N3O3S. The number of carbonyl (C=O) groups excluding carboxylic acids is 1. The van der Waals surface area contributed by atoms with E-state index in [2.05, 4.69) is 9.97 Å². The summed E-state index contributed by atoms with van der Waals surface area (Å²) >= 11 is 5.12. The van der Waals surface area contributed by atoms with Crippen molar-refractivity contribution in [2.75, 3.05) is 7.11 Å². The minimum absolute atomic E-state index is 0.156. The van der Waals surface area contributed by atoms with E-state index in [0.29, 0.717) is 11.3 Å². The molecule has 0 saturated carbocycles. The summed E-state index contributed by atoms with van der Waals surface area (Å²) in [5, 5.41) is 0.160. The third-order valence-electron chi connectivity index (χ3n) is 3.55. The van der Waals surface area contributed by atoms with Gasteiger partial charge in [-0.2, -0.15) is 0 Å². The van der Waals surface area contributed by atoms with Crippen molar-refractivity contribution in [3.8, 4) is 11.3 Å². The van der Waals surface area contributed by atoms with Crippen molar-refractivity contribution in [2.45, 2.75) is 0 Å². The van der Waals surface area contributed by atoms with Gasteiger partial charge in [0.05, 0.1) is 23.8 Å². The summed E-state index contributed by atoms with van der Waals surface area (Å²) in [5.74, 6) is -0.600. The van der Waals surface area contributed by atoms with E-state index in [-0.39, 0.29) is 15.7 Å². The lowest BCUT2D eigenvalue weighted by atomic mass is 10.1. The highest BCUT2D eigenvalue weighted by Crippen LogP contribution is 2.23. The average Bonchev–Trinajstić information content (AvgIpc) is 2.58. The van der Waals surface area contributed by atoms with Gasteiger partial charge in [-0.3, -0.25) is 9.78 Å². The van der Waals surface area contributed by atoms with E-state index in [1.54, 1.807) is 17.7 Å². The van der Waals surface area contributed by atoms with Gasteiger partial charge in [0.25, 0.3) is 5.56 Å². The summed E-state index contributed by atoms with van der Waals surface area (Å²) < 4.78 is 6.60. The van der Waals surface area contributed by atoms with Crippen LogP contribution in [0.5, 0.6) is 0 Å². The number of nitrogens with one attached hydrogen (secondary N) is 1. The van der Waals surface area contributed by atoms with Crippen molar-refractivity contribution in [3.63, 3.8) is 0 Å². The Balaban J connectivity index is 2.47. The van der Waals surface area contributed by atoms with Crippen LogP contribution in [0.4, 0.5) is 0 Å². The van der Waals surface area contributed by atoms with E-state index >= 15 is 0 Å². The zero-order chi connectivity index (χ0) is 16.6. The first-order valence-corrected chi connectivity index (χ1v) is 7.21. The predicted octanol–water partition coefficient (Wildman–Crippen LogP) is 2.44. The van der Waals surface area contributed by atoms with Crippen LogP contribution in [-0.4, -0.2) is 27.6 Å². The second-order valence-electron chi connectivity index (χ2n) is 4.93. The number of hydrogen-bond acceptors (Lipinski definition) is 5. The molecule has 3 aromatic rings. The van der Waals surface area contributed by atoms with E-state index in [1.165, 1.54) is 7.11 Å². The van der Waals surface area contributed by atoms with Gasteiger partial charge in [-0.05, 0) is 18.3 Å². The Kier molecular flexibility index (Phi) is 3.79. The van der Waals surface area contributed by atoms with Crippen LogP contribution >= 0.6 is 12.2 Å². The first kappa shape index (κ1) is 15.1. The molecule has 0 bridgehead atoms. The molecule has 0 saturated heterocycles. The van der Waals surface area contributed by atoms with E-state index in [0.717, 1.165) is 5.56 Å². The van der Waals surface area contributed by atoms with E-state index < -0.39 is 11.5 Å². The first-order chi connectivity index (χ1) is 11.0. The van der Waals surface area contributed by atoms with Crippen LogP contribution in [-0.2, 0) is 11.8 Å². The largest absolute Gasteiger partial charge is 0.465 e. The molecule has 0 aliphatic carbocycles. The monoisotopic (exact) mass is 327 g/mol. The fourth-order valence-corrected chi connectivity index (χ4v) is 2.54. The van der Waals surface area contributed by atoms with Gasteiger partial charge in [-0.1, -0.05) is 30.3 Å². The minimum Gasteiger partial charge on any atom is -0.465 e. The summed E-state index contributed by atoms with van der Waals surface area (Å²) in [6.45, 7) is 0. The normalized spacial score (nSPS) is 10.7. The first-order valence-electron chi connectivity index (χ1n) is 6.80. The molecule has 6 nitrogen and oxygen atoms in total. The Morgan fingerprint density at radius 1 is 1.30 bits per heavy atom. The van der Waals surface area contributed by atoms with Crippen LogP contribution in [0.15, 0.2) is 41.2 Å². The number of carbonyl (C=O) groups is 1. The van der Waals surface area contributed by atoms with Gasteiger partial charge in [0.15, 0.2) is 4.77 Å². The van der Waals surface area contributed by atoms with Crippen molar-refractivity contribution in [1.29, 1.82) is 0 Å². The van der Waals surface area contributed by atoms with Gasteiger partial charge < -0.3 is 9.30 Å². The Morgan fingerprint density at radius 2 is 2.00 bits per heavy atom. The molecule has 0 fully saturated rings. The SMILES string of the molecule is COC(=O)c1cc(-c2ccccc2)nc2c1c(=O)[nH]c(=S)n2C. The molecule has 1 aromatic carbocycles. The van der Waals surface area contributed by atoms with Gasteiger partial charge in [-0.15, -0.1) is 0 Å². The Morgan fingerprint density at radius 3 is 2.65 bits per heavy atom. The third-order valence-corrected chi connectivity index (χ3v) is 3.92. The number of benzene rings is 1. The summed E-state index contributed by atoms with van der Waals surface area (Å²) in [5.41, 5.74) is 1.42. The lowest BCUT2D eigenvalue weighted by molar-refractivity contribution is 0.0603. The molecule has 0 atom stereocenters. The molecule has 0 unspecified atom stereocenters. The smallest absolute Gasteiger partial charge is 0.338 e. The molecule has 2 aromatic heterocycles. The van der Waals surface area contributed by atoms with Gasteiger partial charge in [0.2, 0.25) is 0 Å². The van der Waals surface area contributed by atoms with Crippen LogP contribution in [0.2, 0.25) is 0 Å². The Hall–Kier alpha value is -2.80. The number of rotatable bonds is 2. The molecule has 0 aliphatic heterocycles. The van der Waals surface area contributed by atoms with Crippen molar-refractivity contribution in [3.05, 3.63) is 57.1 Å². The number of aryl methyl sites for hydroxylation is 1.